The number of amides is 1. The molecule has 0 aliphatic carbocycles. The first kappa shape index (κ1) is 19.4. The molecule has 1 unspecified atom stereocenters. The quantitative estimate of drug-likeness (QED) is 0.409. The summed E-state index contributed by atoms with van der Waals surface area (Å²) in [6, 6.07) is 0. The smallest absolute Gasteiger partial charge is 0.243 e. The maximum atomic E-state index is 11.5. The Morgan fingerprint density at radius 3 is 2.60 bits per heavy atom. The van der Waals surface area contributed by atoms with Crippen LogP contribution in [-0.4, -0.2) is 62.7 Å². The number of hydrogen-bond donors (Lipinski definition) is 2. The Balaban J connectivity index is 0.00000361. The fourth-order valence-corrected chi connectivity index (χ4v) is 1.88. The summed E-state index contributed by atoms with van der Waals surface area (Å²) in [6.45, 7) is 6.54. The molecule has 0 aromatic rings. The van der Waals surface area contributed by atoms with Gasteiger partial charge in [0, 0.05) is 33.8 Å². The van der Waals surface area contributed by atoms with Gasteiger partial charge in [0.25, 0.3) is 0 Å². The van der Waals surface area contributed by atoms with E-state index in [0.29, 0.717) is 12.5 Å². The van der Waals surface area contributed by atoms with Crippen LogP contribution in [0, 0.1) is 0 Å². The van der Waals surface area contributed by atoms with Crippen LogP contribution in [0.4, 0.5) is 0 Å². The van der Waals surface area contributed by atoms with E-state index in [9.17, 15) is 4.79 Å². The number of carbonyl (C=O) groups excluding carboxylic acids is 1. The first-order chi connectivity index (χ1) is 8.97. The Labute approximate surface area is 138 Å². The van der Waals surface area contributed by atoms with Crippen LogP contribution in [0.25, 0.3) is 0 Å². The summed E-state index contributed by atoms with van der Waals surface area (Å²) in [7, 11) is 3.46. The molecule has 1 atom stereocenters. The Kier molecular flexibility index (Phi) is 9.11. The summed E-state index contributed by atoms with van der Waals surface area (Å²) in [5.74, 6) is 0.648. The van der Waals surface area contributed by atoms with E-state index >= 15 is 0 Å². The Morgan fingerprint density at radius 2 is 2.10 bits per heavy atom. The molecule has 0 aromatic carbocycles. The molecule has 2 N–H and O–H groups in total. The number of halogens is 1. The molecule has 1 saturated heterocycles. The Bertz CT molecular complexity index is 328. The SMILES string of the molecule is CCNC(=NCC(=O)N(C)C)NCC1(C)CCCO1.I. The maximum absolute atomic E-state index is 11.5. The molecule has 20 heavy (non-hydrogen) atoms. The lowest BCUT2D eigenvalue weighted by atomic mass is 10.0. The zero-order valence-electron chi connectivity index (χ0n) is 12.9. The highest BCUT2D eigenvalue weighted by Gasteiger charge is 2.29. The van der Waals surface area contributed by atoms with Crippen LogP contribution in [0.5, 0.6) is 0 Å². The predicted octanol–water partition coefficient (Wildman–Crippen LogP) is 0.817. The number of carbonyl (C=O) groups is 1. The Morgan fingerprint density at radius 1 is 1.40 bits per heavy atom. The highest BCUT2D eigenvalue weighted by Crippen LogP contribution is 2.23. The number of hydrogen-bond acceptors (Lipinski definition) is 3. The highest BCUT2D eigenvalue weighted by atomic mass is 127. The molecule has 0 bridgehead atoms. The van der Waals surface area contributed by atoms with E-state index in [1.807, 2.05) is 6.92 Å². The van der Waals surface area contributed by atoms with Crippen molar-refractivity contribution in [1.82, 2.24) is 15.5 Å². The number of rotatable bonds is 5. The minimum Gasteiger partial charge on any atom is -0.373 e. The molecule has 1 rings (SSSR count). The lowest BCUT2D eigenvalue weighted by Gasteiger charge is -2.24. The minimum absolute atomic E-state index is 0. The van der Waals surface area contributed by atoms with Crippen molar-refractivity contribution in [2.24, 2.45) is 4.99 Å². The van der Waals surface area contributed by atoms with Crippen molar-refractivity contribution in [3.8, 4) is 0 Å². The van der Waals surface area contributed by atoms with Crippen molar-refractivity contribution < 1.29 is 9.53 Å². The van der Waals surface area contributed by atoms with Crippen molar-refractivity contribution >= 4 is 35.8 Å². The standard InChI is InChI=1S/C13H26N4O2.HI/c1-5-14-12(15-9-11(18)17(3)4)16-10-13(2)7-6-8-19-13;/h5-10H2,1-4H3,(H2,14,15,16);1H. The van der Waals surface area contributed by atoms with Gasteiger partial charge in [0.2, 0.25) is 5.91 Å². The van der Waals surface area contributed by atoms with Gasteiger partial charge in [-0.15, -0.1) is 24.0 Å². The second kappa shape index (κ2) is 9.38. The summed E-state index contributed by atoms with van der Waals surface area (Å²) in [4.78, 5) is 17.3. The van der Waals surface area contributed by atoms with E-state index in [1.54, 1.807) is 14.1 Å². The zero-order chi connectivity index (χ0) is 14.3. The van der Waals surface area contributed by atoms with Crippen LogP contribution < -0.4 is 10.6 Å². The van der Waals surface area contributed by atoms with Gasteiger partial charge in [0.05, 0.1) is 5.60 Å². The van der Waals surface area contributed by atoms with Crippen LogP contribution in [-0.2, 0) is 9.53 Å². The van der Waals surface area contributed by atoms with E-state index in [4.69, 9.17) is 4.74 Å². The number of guanidine groups is 1. The number of nitrogens with zero attached hydrogens (tertiary/aromatic N) is 2. The fraction of sp³-hybridized carbons (Fsp3) is 0.846. The number of nitrogens with one attached hydrogen (secondary N) is 2. The van der Waals surface area contributed by atoms with Crippen molar-refractivity contribution in [3.05, 3.63) is 0 Å². The molecule has 1 aliphatic heterocycles. The first-order valence-corrected chi connectivity index (χ1v) is 6.83. The van der Waals surface area contributed by atoms with E-state index in [0.717, 1.165) is 26.0 Å². The number of ether oxygens (including phenoxy) is 1. The van der Waals surface area contributed by atoms with Crippen molar-refractivity contribution in [3.63, 3.8) is 0 Å². The third-order valence-electron chi connectivity index (χ3n) is 3.15. The van der Waals surface area contributed by atoms with Crippen LogP contribution in [0.3, 0.4) is 0 Å². The third kappa shape index (κ3) is 6.74. The van der Waals surface area contributed by atoms with Gasteiger partial charge in [0.1, 0.15) is 6.54 Å². The lowest BCUT2D eigenvalue weighted by molar-refractivity contribution is -0.127. The molecule has 0 saturated carbocycles. The molecule has 0 radical (unpaired) electrons. The van der Waals surface area contributed by atoms with Gasteiger partial charge < -0.3 is 20.3 Å². The molecule has 0 spiro atoms. The minimum atomic E-state index is -0.123. The van der Waals surface area contributed by atoms with Crippen LogP contribution in [0.2, 0.25) is 0 Å². The van der Waals surface area contributed by atoms with Crippen LogP contribution >= 0.6 is 24.0 Å². The molecule has 118 valence electrons. The van der Waals surface area contributed by atoms with Gasteiger partial charge in [0.15, 0.2) is 5.96 Å². The molecule has 1 amide bonds. The van der Waals surface area contributed by atoms with Crippen molar-refractivity contribution in [2.45, 2.75) is 32.3 Å². The second-order valence-corrected chi connectivity index (χ2v) is 5.24. The topological polar surface area (TPSA) is 66.0 Å². The Hall–Kier alpha value is -0.570. The van der Waals surface area contributed by atoms with E-state index < -0.39 is 0 Å². The van der Waals surface area contributed by atoms with E-state index in [1.165, 1.54) is 4.90 Å². The molecule has 1 aliphatic rings. The highest BCUT2D eigenvalue weighted by molar-refractivity contribution is 14.0. The molecule has 1 heterocycles. The summed E-state index contributed by atoms with van der Waals surface area (Å²) >= 11 is 0. The van der Waals surface area contributed by atoms with Gasteiger partial charge in [-0.3, -0.25) is 4.79 Å². The van der Waals surface area contributed by atoms with E-state index in [-0.39, 0.29) is 42.0 Å². The number of likely N-dealkylation sites (N-methyl/N-ethyl adjacent to an activating group) is 1. The largest absolute Gasteiger partial charge is 0.373 e. The van der Waals surface area contributed by atoms with Crippen molar-refractivity contribution in [2.75, 3.05) is 40.3 Å². The van der Waals surface area contributed by atoms with Gasteiger partial charge in [-0.25, -0.2) is 4.99 Å². The third-order valence-corrected chi connectivity index (χ3v) is 3.15. The molecule has 0 aromatic heterocycles. The second-order valence-electron chi connectivity index (χ2n) is 5.24. The van der Waals surface area contributed by atoms with Gasteiger partial charge >= 0.3 is 0 Å². The zero-order valence-corrected chi connectivity index (χ0v) is 15.2. The maximum Gasteiger partial charge on any atom is 0.243 e. The van der Waals surface area contributed by atoms with E-state index in [2.05, 4.69) is 22.5 Å². The van der Waals surface area contributed by atoms with Crippen LogP contribution in [0.15, 0.2) is 4.99 Å². The van der Waals surface area contributed by atoms with Crippen molar-refractivity contribution in [1.29, 1.82) is 0 Å². The van der Waals surface area contributed by atoms with Gasteiger partial charge in [-0.2, -0.15) is 0 Å². The number of aliphatic imine (C=N–C) groups is 1. The van der Waals surface area contributed by atoms with Gasteiger partial charge in [-0.1, -0.05) is 0 Å². The lowest BCUT2D eigenvalue weighted by Crippen LogP contribution is -2.46. The first-order valence-electron chi connectivity index (χ1n) is 6.83. The molecular formula is C13H27IN4O2. The summed E-state index contributed by atoms with van der Waals surface area (Å²) in [5, 5.41) is 6.37. The van der Waals surface area contributed by atoms with Crippen LogP contribution in [0.1, 0.15) is 26.7 Å². The monoisotopic (exact) mass is 398 g/mol. The predicted molar refractivity (Wildman–Crippen MR) is 91.7 cm³/mol. The average molecular weight is 398 g/mol. The molecular weight excluding hydrogens is 371 g/mol. The fourth-order valence-electron chi connectivity index (χ4n) is 1.88. The normalized spacial score (nSPS) is 22.1. The summed E-state index contributed by atoms with van der Waals surface area (Å²) in [6.07, 6.45) is 2.15. The molecule has 1 fully saturated rings. The molecule has 6 nitrogen and oxygen atoms in total. The molecule has 7 heteroatoms. The average Bonchev–Trinajstić information content (AvgIpc) is 2.79. The summed E-state index contributed by atoms with van der Waals surface area (Å²) < 4.78 is 5.71. The summed E-state index contributed by atoms with van der Waals surface area (Å²) in [5.41, 5.74) is -0.123. The van der Waals surface area contributed by atoms with Gasteiger partial charge in [-0.05, 0) is 26.7 Å².